The smallest absolute Gasteiger partial charge is 0.416 e. The van der Waals surface area contributed by atoms with Gasteiger partial charge in [0.25, 0.3) is 5.91 Å². The first-order valence-corrected chi connectivity index (χ1v) is 8.55. The Hall–Kier alpha value is -2.09. The first kappa shape index (κ1) is 18.7. The van der Waals surface area contributed by atoms with Crippen LogP contribution in [0.1, 0.15) is 35.2 Å². The Morgan fingerprint density at radius 3 is 2.62 bits per heavy atom. The highest BCUT2D eigenvalue weighted by molar-refractivity contribution is 5.94. The summed E-state index contributed by atoms with van der Waals surface area (Å²) in [5.74, 6) is -1.35. The third-order valence-electron chi connectivity index (χ3n) is 5.67. The van der Waals surface area contributed by atoms with Crippen molar-refractivity contribution in [3.8, 4) is 0 Å². The first-order chi connectivity index (χ1) is 12.1. The molecule has 1 aromatic carbocycles. The van der Waals surface area contributed by atoms with Crippen LogP contribution in [-0.4, -0.2) is 59.5 Å². The number of halogens is 3. The molecule has 2 heterocycles. The molecule has 1 N–H and O–H groups in total. The predicted molar refractivity (Wildman–Crippen MR) is 87.7 cm³/mol. The van der Waals surface area contributed by atoms with E-state index in [-0.39, 0.29) is 24.7 Å². The molecule has 2 fully saturated rings. The number of alkyl halides is 3. The maximum atomic E-state index is 12.9. The fourth-order valence-corrected chi connectivity index (χ4v) is 4.18. The number of carboxylic acids is 1. The molecule has 142 valence electrons. The number of aliphatic carboxylic acids is 1. The van der Waals surface area contributed by atoms with E-state index in [0.29, 0.717) is 12.8 Å². The van der Waals surface area contributed by atoms with Crippen LogP contribution in [0.15, 0.2) is 24.3 Å². The number of benzene rings is 1. The Morgan fingerprint density at radius 1 is 1.23 bits per heavy atom. The van der Waals surface area contributed by atoms with Crippen molar-refractivity contribution in [1.29, 1.82) is 0 Å². The van der Waals surface area contributed by atoms with Gasteiger partial charge in [-0.05, 0) is 51.1 Å². The second kappa shape index (κ2) is 6.57. The van der Waals surface area contributed by atoms with Crippen LogP contribution in [0.5, 0.6) is 0 Å². The number of fused-ring (bicyclic) bond motifs is 1. The van der Waals surface area contributed by atoms with E-state index in [1.807, 2.05) is 11.9 Å². The summed E-state index contributed by atoms with van der Waals surface area (Å²) in [6, 6.07) is 4.02. The van der Waals surface area contributed by atoms with E-state index in [0.717, 1.165) is 25.1 Å². The number of hydrogen-bond donors (Lipinski definition) is 1. The minimum atomic E-state index is -4.51. The third kappa shape index (κ3) is 3.18. The van der Waals surface area contributed by atoms with E-state index < -0.39 is 29.0 Å². The van der Waals surface area contributed by atoms with Gasteiger partial charge in [0.1, 0.15) is 0 Å². The minimum Gasteiger partial charge on any atom is -0.481 e. The quantitative estimate of drug-likeness (QED) is 0.870. The highest BCUT2D eigenvalue weighted by atomic mass is 19.4. The highest BCUT2D eigenvalue weighted by Crippen LogP contribution is 2.42. The second-order valence-electron chi connectivity index (χ2n) is 7.14. The average molecular weight is 370 g/mol. The van der Waals surface area contributed by atoms with Crippen molar-refractivity contribution in [3.05, 3.63) is 35.4 Å². The van der Waals surface area contributed by atoms with Gasteiger partial charge in [-0.3, -0.25) is 9.59 Å². The Balaban J connectivity index is 1.84. The van der Waals surface area contributed by atoms with Crippen LogP contribution in [0.3, 0.4) is 0 Å². The van der Waals surface area contributed by atoms with Crippen LogP contribution in [0.2, 0.25) is 0 Å². The van der Waals surface area contributed by atoms with Gasteiger partial charge in [0.15, 0.2) is 0 Å². The molecule has 3 rings (SSSR count). The molecule has 0 spiro atoms. The van der Waals surface area contributed by atoms with Gasteiger partial charge in [-0.25, -0.2) is 0 Å². The van der Waals surface area contributed by atoms with Crippen LogP contribution in [0, 0.1) is 5.41 Å². The zero-order chi connectivity index (χ0) is 19.1. The lowest BCUT2D eigenvalue weighted by Crippen LogP contribution is -2.63. The van der Waals surface area contributed by atoms with Crippen LogP contribution >= 0.6 is 0 Å². The molecule has 5 nitrogen and oxygen atoms in total. The van der Waals surface area contributed by atoms with Crippen molar-refractivity contribution in [3.63, 3.8) is 0 Å². The number of piperidine rings is 2. The van der Waals surface area contributed by atoms with Crippen LogP contribution in [0.4, 0.5) is 13.2 Å². The Bertz CT molecular complexity index is 722. The number of carbonyl (C=O) groups is 2. The summed E-state index contributed by atoms with van der Waals surface area (Å²) in [5.41, 5.74) is -1.78. The van der Waals surface area contributed by atoms with Gasteiger partial charge in [0.2, 0.25) is 0 Å². The lowest BCUT2D eigenvalue weighted by Gasteiger charge is -2.51. The number of likely N-dealkylation sites (tertiary alicyclic amines) is 2. The Kier molecular flexibility index (Phi) is 4.72. The van der Waals surface area contributed by atoms with Gasteiger partial charge >= 0.3 is 12.1 Å². The summed E-state index contributed by atoms with van der Waals surface area (Å²) < 4.78 is 38.7. The summed E-state index contributed by atoms with van der Waals surface area (Å²) in [5, 5.41) is 9.75. The molecule has 0 aromatic heterocycles. The zero-order valence-electron chi connectivity index (χ0n) is 14.4. The number of carboxylic acid groups (broad SMARTS) is 1. The third-order valence-corrected chi connectivity index (χ3v) is 5.67. The maximum absolute atomic E-state index is 12.9. The molecule has 8 heteroatoms. The molecule has 0 bridgehead atoms. The average Bonchev–Trinajstić information content (AvgIpc) is 2.60. The summed E-state index contributed by atoms with van der Waals surface area (Å²) >= 11 is 0. The number of nitrogens with zero attached hydrogens (tertiary/aromatic N) is 2. The van der Waals surface area contributed by atoms with Crippen molar-refractivity contribution in [2.75, 3.05) is 26.7 Å². The van der Waals surface area contributed by atoms with Crippen LogP contribution in [0.25, 0.3) is 0 Å². The van der Waals surface area contributed by atoms with Crippen molar-refractivity contribution < 1.29 is 27.9 Å². The molecule has 2 aliphatic rings. The number of likely N-dealkylation sites (N-methyl/N-ethyl adjacent to an activating group) is 1. The lowest BCUT2D eigenvalue weighted by molar-refractivity contribution is -0.161. The molecule has 26 heavy (non-hydrogen) atoms. The Morgan fingerprint density at radius 2 is 1.96 bits per heavy atom. The lowest BCUT2D eigenvalue weighted by atomic mass is 9.68. The molecule has 2 saturated heterocycles. The first-order valence-electron chi connectivity index (χ1n) is 8.55. The van der Waals surface area contributed by atoms with Crippen molar-refractivity contribution in [2.45, 2.75) is 31.5 Å². The van der Waals surface area contributed by atoms with Crippen molar-refractivity contribution in [1.82, 2.24) is 9.80 Å². The van der Waals surface area contributed by atoms with Crippen molar-refractivity contribution >= 4 is 11.9 Å². The normalized spacial score (nSPS) is 27.1. The van der Waals surface area contributed by atoms with Gasteiger partial charge in [-0.15, -0.1) is 0 Å². The van der Waals surface area contributed by atoms with Gasteiger partial charge in [-0.2, -0.15) is 13.2 Å². The molecule has 0 radical (unpaired) electrons. The molecule has 1 amide bonds. The molecule has 0 saturated carbocycles. The van der Waals surface area contributed by atoms with E-state index >= 15 is 0 Å². The number of rotatable bonds is 2. The van der Waals surface area contributed by atoms with Gasteiger partial charge in [0.05, 0.1) is 11.0 Å². The molecule has 0 unspecified atom stereocenters. The zero-order valence-corrected chi connectivity index (χ0v) is 14.4. The number of hydrogen-bond acceptors (Lipinski definition) is 3. The van der Waals surface area contributed by atoms with Gasteiger partial charge < -0.3 is 14.9 Å². The molecular formula is C18H21F3N2O3. The van der Waals surface area contributed by atoms with E-state index in [1.54, 1.807) is 0 Å². The molecule has 1 aromatic rings. The maximum Gasteiger partial charge on any atom is 0.416 e. The highest BCUT2D eigenvalue weighted by Gasteiger charge is 2.52. The molecule has 0 aliphatic carbocycles. The SMILES string of the molecule is CN1CCC[C@]2(C(=O)O)CCN(C(=O)c3cccc(C(F)(F)F)c3)C[C@@H]12. The molecular weight excluding hydrogens is 349 g/mol. The largest absolute Gasteiger partial charge is 0.481 e. The topological polar surface area (TPSA) is 60.9 Å². The van der Waals surface area contributed by atoms with Gasteiger partial charge in [0, 0.05) is 24.7 Å². The summed E-state index contributed by atoms with van der Waals surface area (Å²) in [4.78, 5) is 28.1. The standard InChI is InChI=1S/C18H21F3N2O3/c1-22-8-3-6-17(16(25)26)7-9-23(11-14(17)22)15(24)12-4-2-5-13(10-12)18(19,20)21/h2,4-5,10,14H,3,6-9,11H2,1H3,(H,25,26)/t14-,17+/m1/s1. The summed E-state index contributed by atoms with van der Waals surface area (Å²) in [6.45, 7) is 1.18. The fourth-order valence-electron chi connectivity index (χ4n) is 4.18. The predicted octanol–water partition coefficient (Wildman–Crippen LogP) is 2.72. The van der Waals surface area contributed by atoms with E-state index in [1.165, 1.54) is 17.0 Å². The van der Waals surface area contributed by atoms with Gasteiger partial charge in [-0.1, -0.05) is 6.07 Å². The monoisotopic (exact) mass is 370 g/mol. The van der Waals surface area contributed by atoms with Crippen molar-refractivity contribution in [2.24, 2.45) is 5.41 Å². The summed E-state index contributed by atoms with van der Waals surface area (Å²) in [6.07, 6.45) is -2.87. The van der Waals surface area contributed by atoms with E-state index in [9.17, 15) is 27.9 Å². The van der Waals surface area contributed by atoms with E-state index in [2.05, 4.69) is 0 Å². The molecule has 2 aliphatic heterocycles. The second-order valence-corrected chi connectivity index (χ2v) is 7.14. The fraction of sp³-hybridized carbons (Fsp3) is 0.556. The minimum absolute atomic E-state index is 0.0267. The Labute approximate surface area is 149 Å². The van der Waals surface area contributed by atoms with E-state index in [4.69, 9.17) is 0 Å². The molecule has 2 atom stereocenters. The number of amides is 1. The number of carbonyl (C=O) groups excluding carboxylic acids is 1. The summed E-state index contributed by atoms with van der Waals surface area (Å²) in [7, 11) is 1.83. The van der Waals surface area contributed by atoms with Crippen LogP contribution < -0.4 is 0 Å². The van der Waals surface area contributed by atoms with Crippen LogP contribution in [-0.2, 0) is 11.0 Å².